The van der Waals surface area contributed by atoms with Crippen molar-refractivity contribution in [2.45, 2.75) is 60.6 Å². The summed E-state index contributed by atoms with van der Waals surface area (Å²) in [6.07, 6.45) is -4.62. The van der Waals surface area contributed by atoms with Gasteiger partial charge in [0.15, 0.2) is 5.78 Å². The second-order valence-electron chi connectivity index (χ2n) is 13.5. The molecule has 0 radical (unpaired) electrons. The SMILES string of the molecule is COC[C@@]12CN(C)C3[C@H]4C5C(=O)[C@H](OC)[C@@]6(O)C[C@](O)([C@@H]5[C@H]6OC(=O)c5ccccc5)[C@]3([C@@H](OC)C[C@H]1O)[C@@H]2[C@H]4OC. The first-order chi connectivity index (χ1) is 20.0. The number of ketones is 1. The van der Waals surface area contributed by atoms with Crippen LogP contribution in [0.25, 0.3) is 0 Å². The average Bonchev–Trinajstić information content (AvgIpc) is 3.31. The third-order valence-electron chi connectivity index (χ3n) is 12.3. The monoisotopic (exact) mass is 587 g/mol. The maximum Gasteiger partial charge on any atom is 0.338 e. The number of methoxy groups -OCH3 is 4. The molecule has 42 heavy (non-hydrogen) atoms. The van der Waals surface area contributed by atoms with Crippen molar-refractivity contribution in [3.05, 3.63) is 35.9 Å². The lowest BCUT2D eigenvalue weighted by molar-refractivity contribution is -0.321. The fourth-order valence-corrected chi connectivity index (χ4v) is 11.6. The summed E-state index contributed by atoms with van der Waals surface area (Å²) in [4.78, 5) is 30.0. The summed E-state index contributed by atoms with van der Waals surface area (Å²) in [5.41, 5.74) is -5.38. The van der Waals surface area contributed by atoms with Crippen LogP contribution in [0.2, 0.25) is 0 Å². The van der Waals surface area contributed by atoms with Gasteiger partial charge in [-0.05, 0) is 19.2 Å². The highest BCUT2D eigenvalue weighted by molar-refractivity contribution is 5.92. The molecule has 0 aromatic heterocycles. The highest BCUT2D eigenvalue weighted by Gasteiger charge is 2.92. The fraction of sp³-hybridized carbons (Fsp3) is 0.742. The maximum absolute atomic E-state index is 14.4. The Morgan fingerprint density at radius 3 is 2.40 bits per heavy atom. The number of carbonyl (C=O) groups is 2. The first kappa shape index (κ1) is 28.8. The van der Waals surface area contributed by atoms with Gasteiger partial charge in [-0.1, -0.05) is 18.2 Å². The van der Waals surface area contributed by atoms with Crippen molar-refractivity contribution in [3.8, 4) is 0 Å². The zero-order chi connectivity index (χ0) is 30.0. The second-order valence-corrected chi connectivity index (χ2v) is 13.5. The molecule has 1 saturated heterocycles. The van der Waals surface area contributed by atoms with Crippen LogP contribution in [-0.2, 0) is 28.5 Å². The van der Waals surface area contributed by atoms with Gasteiger partial charge >= 0.3 is 5.97 Å². The van der Waals surface area contributed by atoms with Crippen molar-refractivity contribution < 1.29 is 48.6 Å². The number of ether oxygens (including phenoxy) is 5. The first-order valence-corrected chi connectivity index (χ1v) is 14.7. The third-order valence-corrected chi connectivity index (χ3v) is 12.3. The number of benzene rings is 1. The molecule has 6 aliphatic rings. The molecule has 1 spiro atoms. The molecule has 7 bridgehead atoms. The number of esters is 1. The van der Waals surface area contributed by atoms with E-state index in [2.05, 4.69) is 4.90 Å². The van der Waals surface area contributed by atoms with Crippen LogP contribution in [0.15, 0.2) is 30.3 Å². The number of rotatable bonds is 7. The number of Topliss-reactive ketones (excluding diaryl/α,β-unsaturated/α-hetero) is 1. The molecule has 1 aromatic rings. The molecule has 0 amide bonds. The number of carbonyl (C=O) groups excluding carboxylic acids is 2. The Morgan fingerprint density at radius 1 is 1.07 bits per heavy atom. The summed E-state index contributed by atoms with van der Waals surface area (Å²) < 4.78 is 30.1. The molecule has 3 N–H and O–H groups in total. The first-order valence-electron chi connectivity index (χ1n) is 14.7. The number of likely N-dealkylation sites (tertiary alicyclic amines) is 1. The van der Waals surface area contributed by atoms with Crippen molar-refractivity contribution in [3.63, 3.8) is 0 Å². The number of hydrogen-bond donors (Lipinski definition) is 3. The highest BCUT2D eigenvalue weighted by atomic mass is 16.6. The molecule has 11 heteroatoms. The molecule has 1 aliphatic heterocycles. The molecule has 14 atom stereocenters. The third kappa shape index (κ3) is 2.99. The van der Waals surface area contributed by atoms with Crippen LogP contribution < -0.4 is 0 Å². The summed E-state index contributed by atoms with van der Waals surface area (Å²) in [6.45, 7) is 0.676. The lowest BCUT2D eigenvalue weighted by atomic mass is 9.41. The smallest absolute Gasteiger partial charge is 0.338 e. The van der Waals surface area contributed by atoms with Crippen LogP contribution in [-0.4, -0.2) is 128 Å². The summed E-state index contributed by atoms with van der Waals surface area (Å²) >= 11 is 0. The Balaban J connectivity index is 1.48. The number of nitrogens with zero attached hydrogens (tertiary/aromatic N) is 1. The lowest BCUT2D eigenvalue weighted by Crippen LogP contribution is -2.81. The maximum atomic E-state index is 14.4. The summed E-state index contributed by atoms with van der Waals surface area (Å²) in [6, 6.07) is 8.08. The van der Waals surface area contributed by atoms with Crippen LogP contribution in [0.4, 0.5) is 0 Å². The Kier molecular flexibility index (Phi) is 6.36. The largest absolute Gasteiger partial charge is 0.455 e. The van der Waals surface area contributed by atoms with Gasteiger partial charge in [0.05, 0.1) is 36.1 Å². The lowest BCUT2D eigenvalue weighted by Gasteiger charge is -2.70. The zero-order valence-electron chi connectivity index (χ0n) is 24.6. The van der Waals surface area contributed by atoms with Crippen molar-refractivity contribution in [1.82, 2.24) is 4.90 Å². The number of aliphatic hydroxyl groups excluding tert-OH is 1. The van der Waals surface area contributed by atoms with E-state index in [1.807, 2.05) is 7.05 Å². The normalized spacial score (nSPS) is 52.0. The fourth-order valence-electron chi connectivity index (χ4n) is 11.6. The van der Waals surface area contributed by atoms with E-state index in [4.69, 9.17) is 23.7 Å². The molecular weight excluding hydrogens is 546 g/mol. The van der Waals surface area contributed by atoms with E-state index in [9.17, 15) is 24.9 Å². The Hall–Kier alpha value is -1.96. The van der Waals surface area contributed by atoms with Crippen molar-refractivity contribution >= 4 is 11.8 Å². The number of aliphatic hydroxyl groups is 3. The van der Waals surface area contributed by atoms with Gasteiger partial charge in [-0.15, -0.1) is 0 Å². The van der Waals surface area contributed by atoms with E-state index in [0.717, 1.165) is 0 Å². The molecule has 5 saturated carbocycles. The molecule has 5 aliphatic carbocycles. The van der Waals surface area contributed by atoms with Gasteiger partial charge in [-0.3, -0.25) is 4.79 Å². The zero-order valence-corrected chi connectivity index (χ0v) is 24.6. The molecule has 6 fully saturated rings. The second kappa shape index (κ2) is 9.28. The van der Waals surface area contributed by atoms with E-state index >= 15 is 0 Å². The van der Waals surface area contributed by atoms with Gasteiger partial charge < -0.3 is 43.9 Å². The van der Waals surface area contributed by atoms with Crippen molar-refractivity contribution in [2.75, 3.05) is 48.6 Å². The van der Waals surface area contributed by atoms with Crippen LogP contribution >= 0.6 is 0 Å². The summed E-state index contributed by atoms with van der Waals surface area (Å²) in [5, 5.41) is 37.6. The van der Waals surface area contributed by atoms with E-state index in [0.29, 0.717) is 12.1 Å². The van der Waals surface area contributed by atoms with E-state index in [1.165, 1.54) is 7.11 Å². The van der Waals surface area contributed by atoms with Crippen molar-refractivity contribution in [2.24, 2.45) is 34.5 Å². The predicted octanol–water partition coefficient (Wildman–Crippen LogP) is -0.105. The topological polar surface area (TPSA) is 144 Å². The minimum absolute atomic E-state index is 0.206. The van der Waals surface area contributed by atoms with Gasteiger partial charge in [0.25, 0.3) is 0 Å². The Labute approximate surface area is 245 Å². The molecule has 230 valence electrons. The molecule has 1 aromatic carbocycles. The van der Waals surface area contributed by atoms with Crippen LogP contribution in [0, 0.1) is 34.5 Å². The van der Waals surface area contributed by atoms with E-state index < -0.39 is 82.2 Å². The average molecular weight is 588 g/mol. The molecule has 2 unspecified atom stereocenters. The van der Waals surface area contributed by atoms with Gasteiger partial charge in [0.2, 0.25) is 0 Å². The van der Waals surface area contributed by atoms with Crippen LogP contribution in [0.1, 0.15) is 23.2 Å². The molecule has 1 heterocycles. The Morgan fingerprint density at radius 2 is 1.79 bits per heavy atom. The van der Waals surface area contributed by atoms with E-state index in [1.54, 1.807) is 51.7 Å². The van der Waals surface area contributed by atoms with Crippen LogP contribution in [0.3, 0.4) is 0 Å². The summed E-state index contributed by atoms with van der Waals surface area (Å²) in [5.74, 6) is -3.72. The highest BCUT2D eigenvalue weighted by Crippen LogP contribution is 2.80. The van der Waals surface area contributed by atoms with Crippen LogP contribution in [0.5, 0.6) is 0 Å². The van der Waals surface area contributed by atoms with Gasteiger partial charge in [-0.25, -0.2) is 4.79 Å². The van der Waals surface area contributed by atoms with Gasteiger partial charge in [-0.2, -0.15) is 0 Å². The Bertz CT molecular complexity index is 1280. The minimum atomic E-state index is -1.99. The van der Waals surface area contributed by atoms with Gasteiger partial charge in [0.1, 0.15) is 17.8 Å². The standard InChI is InChI=1S/C31H41NO10/c1-32-13-28(14-38-2)16(33)11-17(39-3)31-23(28)22(40-4)19(24(31)32)18-20-25(42-27(35)15-9-7-6-8-10-15)29(36,12-30(20,31)37)26(41-5)21(18)34/h6-10,16-20,22-26,33,36-37H,11-14H2,1-5H3/t16-,17+,18?,19+,20+,22+,23-,24?,25-,26+,28+,29-,30+,31-/m1/s1. The minimum Gasteiger partial charge on any atom is -0.455 e. The number of piperidine rings is 1. The quantitative estimate of drug-likeness (QED) is 0.368. The van der Waals surface area contributed by atoms with Gasteiger partial charge in [0, 0.05) is 88.4 Å². The summed E-state index contributed by atoms with van der Waals surface area (Å²) in [7, 11) is 8.07. The molecule has 7 rings (SSSR count). The molecular formula is C31H41NO10. The predicted molar refractivity (Wildman–Crippen MR) is 145 cm³/mol. The van der Waals surface area contributed by atoms with E-state index in [-0.39, 0.29) is 31.3 Å². The number of fused-ring (bicyclic) bond motifs is 2. The molecule has 11 nitrogen and oxygen atoms in total. The van der Waals surface area contributed by atoms with Crippen molar-refractivity contribution in [1.29, 1.82) is 0 Å². The number of hydrogen-bond acceptors (Lipinski definition) is 11.